The Morgan fingerprint density at radius 2 is 1.87 bits per heavy atom. The van der Waals surface area contributed by atoms with E-state index >= 15 is 0 Å². The van der Waals surface area contributed by atoms with Crippen molar-refractivity contribution in [2.24, 2.45) is 0 Å². The molecule has 1 fully saturated rings. The van der Waals surface area contributed by atoms with Crippen LogP contribution in [0, 0.1) is 0 Å². The molecule has 5 rings (SSSR count). The van der Waals surface area contributed by atoms with Gasteiger partial charge in [-0.2, -0.15) is 0 Å². The fraction of sp³-hybridized carbons (Fsp3) is 0.200. The molecule has 1 saturated carbocycles. The minimum atomic E-state index is -0.146. The van der Waals surface area contributed by atoms with E-state index in [1.807, 2.05) is 18.2 Å². The number of anilines is 1. The summed E-state index contributed by atoms with van der Waals surface area (Å²) >= 11 is 0. The molecule has 2 aliphatic rings. The Morgan fingerprint density at radius 3 is 2.61 bits per heavy atom. The van der Waals surface area contributed by atoms with Crippen LogP contribution in [0.5, 0.6) is 11.5 Å². The second kappa shape index (κ2) is 7.47. The molecular formula is C25H22N2O4. The number of benzene rings is 3. The van der Waals surface area contributed by atoms with E-state index in [0.29, 0.717) is 29.1 Å². The number of nitrogens with zero attached hydrogens (tertiary/aromatic N) is 1. The van der Waals surface area contributed by atoms with Crippen molar-refractivity contribution in [3.63, 3.8) is 0 Å². The quantitative estimate of drug-likeness (QED) is 0.658. The van der Waals surface area contributed by atoms with Gasteiger partial charge in [0.15, 0.2) is 0 Å². The van der Waals surface area contributed by atoms with Crippen molar-refractivity contribution in [2.45, 2.75) is 25.4 Å². The van der Waals surface area contributed by atoms with Gasteiger partial charge in [-0.15, -0.1) is 0 Å². The SMILES string of the molecule is COc1ccc(C(=O)NC2CC2)cc1-c1ccc2c(c1)CN(c1ccccc1O)C2=O. The Balaban J connectivity index is 1.49. The van der Waals surface area contributed by atoms with E-state index in [-0.39, 0.29) is 23.6 Å². The summed E-state index contributed by atoms with van der Waals surface area (Å²) in [6.07, 6.45) is 2.06. The number of methoxy groups -OCH3 is 1. The molecule has 0 saturated heterocycles. The van der Waals surface area contributed by atoms with Gasteiger partial charge in [-0.3, -0.25) is 9.59 Å². The standard InChI is InChI=1S/C25H22N2O4/c1-31-23-11-7-16(24(29)26-18-8-9-18)13-20(23)15-6-10-19-17(12-15)14-27(25(19)30)21-4-2-3-5-22(21)28/h2-7,10-13,18,28H,8-9,14H2,1H3,(H,26,29). The lowest BCUT2D eigenvalue weighted by Gasteiger charge is -2.16. The van der Waals surface area contributed by atoms with Gasteiger partial charge in [0, 0.05) is 22.7 Å². The molecule has 156 valence electrons. The van der Waals surface area contributed by atoms with Crippen molar-refractivity contribution in [1.29, 1.82) is 0 Å². The summed E-state index contributed by atoms with van der Waals surface area (Å²) in [6.45, 7) is 0.365. The Bertz CT molecular complexity index is 1200. The predicted octanol–water partition coefficient (Wildman–Crippen LogP) is 4.12. The van der Waals surface area contributed by atoms with Crippen molar-refractivity contribution >= 4 is 17.5 Å². The molecule has 0 atom stereocenters. The number of rotatable bonds is 5. The first kappa shape index (κ1) is 19.2. The molecule has 0 spiro atoms. The molecule has 31 heavy (non-hydrogen) atoms. The number of carbonyl (C=O) groups excluding carboxylic acids is 2. The number of hydrogen-bond acceptors (Lipinski definition) is 4. The molecule has 2 amide bonds. The Hall–Kier alpha value is -3.80. The number of fused-ring (bicyclic) bond motifs is 1. The minimum Gasteiger partial charge on any atom is -0.506 e. The molecule has 6 heteroatoms. The van der Waals surface area contributed by atoms with Gasteiger partial charge in [-0.1, -0.05) is 18.2 Å². The lowest BCUT2D eigenvalue weighted by atomic mass is 9.98. The summed E-state index contributed by atoms with van der Waals surface area (Å²) in [7, 11) is 1.60. The molecule has 0 bridgehead atoms. The second-order valence-electron chi connectivity index (χ2n) is 7.91. The Labute approximate surface area is 180 Å². The van der Waals surface area contributed by atoms with Gasteiger partial charge in [0.2, 0.25) is 0 Å². The van der Waals surface area contributed by atoms with E-state index in [2.05, 4.69) is 5.32 Å². The van der Waals surface area contributed by atoms with Crippen molar-refractivity contribution in [3.8, 4) is 22.6 Å². The number of ether oxygens (including phenoxy) is 1. The van der Waals surface area contributed by atoms with Crippen LogP contribution in [0.25, 0.3) is 11.1 Å². The largest absolute Gasteiger partial charge is 0.506 e. The van der Waals surface area contributed by atoms with Gasteiger partial charge in [0.25, 0.3) is 11.8 Å². The predicted molar refractivity (Wildman–Crippen MR) is 118 cm³/mol. The number of para-hydroxylation sites is 2. The number of amides is 2. The number of carbonyl (C=O) groups is 2. The smallest absolute Gasteiger partial charge is 0.259 e. The lowest BCUT2D eigenvalue weighted by molar-refractivity contribution is 0.0949. The summed E-state index contributed by atoms with van der Waals surface area (Å²) in [5, 5.41) is 13.2. The molecule has 6 nitrogen and oxygen atoms in total. The zero-order valence-electron chi connectivity index (χ0n) is 17.1. The summed E-state index contributed by atoms with van der Waals surface area (Å²) in [5.74, 6) is 0.491. The molecule has 0 unspecified atom stereocenters. The topological polar surface area (TPSA) is 78.9 Å². The van der Waals surface area contributed by atoms with Crippen LogP contribution in [0.2, 0.25) is 0 Å². The van der Waals surface area contributed by atoms with Crippen molar-refractivity contribution in [2.75, 3.05) is 12.0 Å². The summed E-state index contributed by atoms with van der Waals surface area (Å²) in [5.41, 5.74) is 4.19. The number of aromatic hydroxyl groups is 1. The van der Waals surface area contributed by atoms with Crippen LogP contribution in [0.1, 0.15) is 39.1 Å². The monoisotopic (exact) mass is 414 g/mol. The molecule has 0 radical (unpaired) electrons. The van der Waals surface area contributed by atoms with Crippen LogP contribution in [0.15, 0.2) is 60.7 Å². The van der Waals surface area contributed by atoms with E-state index in [9.17, 15) is 14.7 Å². The van der Waals surface area contributed by atoms with Crippen LogP contribution in [0.4, 0.5) is 5.69 Å². The van der Waals surface area contributed by atoms with Crippen LogP contribution >= 0.6 is 0 Å². The first-order valence-electron chi connectivity index (χ1n) is 10.3. The van der Waals surface area contributed by atoms with Crippen LogP contribution in [-0.2, 0) is 6.54 Å². The van der Waals surface area contributed by atoms with Gasteiger partial charge in [-0.05, 0) is 66.4 Å². The van der Waals surface area contributed by atoms with Crippen molar-refractivity contribution in [3.05, 3.63) is 77.4 Å². The number of phenolic OH excluding ortho intramolecular Hbond substituents is 1. The highest BCUT2D eigenvalue weighted by Crippen LogP contribution is 2.37. The van der Waals surface area contributed by atoms with Gasteiger partial charge >= 0.3 is 0 Å². The van der Waals surface area contributed by atoms with Gasteiger partial charge in [-0.25, -0.2) is 0 Å². The number of phenols is 1. The van der Waals surface area contributed by atoms with Crippen LogP contribution < -0.4 is 15.0 Å². The second-order valence-corrected chi connectivity index (χ2v) is 7.91. The Kier molecular flexibility index (Phi) is 4.62. The molecular weight excluding hydrogens is 392 g/mol. The minimum absolute atomic E-state index is 0.0694. The van der Waals surface area contributed by atoms with E-state index in [0.717, 1.165) is 29.5 Å². The molecule has 1 aliphatic heterocycles. The highest BCUT2D eigenvalue weighted by Gasteiger charge is 2.30. The zero-order valence-corrected chi connectivity index (χ0v) is 17.1. The normalized spacial score (nSPS) is 15.0. The zero-order chi connectivity index (χ0) is 21.5. The van der Waals surface area contributed by atoms with Gasteiger partial charge < -0.3 is 20.1 Å². The first-order chi connectivity index (χ1) is 15.0. The highest BCUT2D eigenvalue weighted by atomic mass is 16.5. The maximum atomic E-state index is 12.9. The van der Waals surface area contributed by atoms with Gasteiger partial charge in [0.05, 0.1) is 19.3 Å². The van der Waals surface area contributed by atoms with Crippen molar-refractivity contribution < 1.29 is 19.4 Å². The summed E-state index contributed by atoms with van der Waals surface area (Å²) < 4.78 is 5.53. The molecule has 3 aromatic carbocycles. The van der Waals surface area contributed by atoms with E-state index in [1.165, 1.54) is 0 Å². The lowest BCUT2D eigenvalue weighted by Crippen LogP contribution is -2.25. The fourth-order valence-electron chi connectivity index (χ4n) is 3.95. The number of hydrogen-bond donors (Lipinski definition) is 2. The summed E-state index contributed by atoms with van der Waals surface area (Å²) in [4.78, 5) is 27.0. The van der Waals surface area contributed by atoms with Gasteiger partial charge in [0.1, 0.15) is 11.5 Å². The maximum Gasteiger partial charge on any atom is 0.259 e. The third-order valence-electron chi connectivity index (χ3n) is 5.77. The maximum absolute atomic E-state index is 12.9. The highest BCUT2D eigenvalue weighted by molar-refractivity contribution is 6.11. The number of nitrogens with one attached hydrogen (secondary N) is 1. The Morgan fingerprint density at radius 1 is 1.06 bits per heavy atom. The molecule has 2 N–H and O–H groups in total. The van der Waals surface area contributed by atoms with E-state index in [4.69, 9.17) is 4.74 Å². The summed E-state index contributed by atoms with van der Waals surface area (Å²) in [6, 6.07) is 18.1. The molecule has 1 heterocycles. The van der Waals surface area contributed by atoms with E-state index in [1.54, 1.807) is 54.5 Å². The third-order valence-corrected chi connectivity index (χ3v) is 5.77. The average molecular weight is 414 g/mol. The molecule has 3 aromatic rings. The first-order valence-corrected chi connectivity index (χ1v) is 10.3. The van der Waals surface area contributed by atoms with Crippen LogP contribution in [-0.4, -0.2) is 30.1 Å². The van der Waals surface area contributed by atoms with Crippen LogP contribution in [0.3, 0.4) is 0 Å². The average Bonchev–Trinajstić information content (AvgIpc) is 3.55. The van der Waals surface area contributed by atoms with Crippen molar-refractivity contribution in [1.82, 2.24) is 5.32 Å². The molecule has 0 aromatic heterocycles. The fourth-order valence-corrected chi connectivity index (χ4v) is 3.95. The van der Waals surface area contributed by atoms with E-state index < -0.39 is 0 Å². The third kappa shape index (κ3) is 3.50. The molecule has 1 aliphatic carbocycles.